The third-order valence-corrected chi connectivity index (χ3v) is 3.92. The van der Waals surface area contributed by atoms with Gasteiger partial charge in [0.2, 0.25) is 0 Å². The highest BCUT2D eigenvalue weighted by Gasteiger charge is 2.01. The van der Waals surface area contributed by atoms with Gasteiger partial charge >= 0.3 is 0 Å². The van der Waals surface area contributed by atoms with Crippen molar-refractivity contribution in [1.29, 1.82) is 0 Å². The van der Waals surface area contributed by atoms with E-state index in [4.69, 9.17) is 11.6 Å². The summed E-state index contributed by atoms with van der Waals surface area (Å²) in [6.07, 6.45) is 0. The molecular formula is C11H9BrClNOS. The van der Waals surface area contributed by atoms with Gasteiger partial charge in [0.15, 0.2) is 0 Å². The lowest BCUT2D eigenvalue weighted by Gasteiger charge is -2.06. The number of aromatic hydroxyl groups is 1. The average molecular weight is 319 g/mol. The van der Waals surface area contributed by atoms with E-state index in [9.17, 15) is 5.11 Å². The van der Waals surface area contributed by atoms with Crippen molar-refractivity contribution in [2.45, 2.75) is 6.54 Å². The first-order valence-corrected chi connectivity index (χ1v) is 6.65. The molecule has 0 aliphatic carbocycles. The SMILES string of the molecule is Oc1ccc(NCc2csc(Br)c2)cc1Cl. The van der Waals surface area contributed by atoms with Crippen LogP contribution in [0.4, 0.5) is 5.69 Å². The molecular weight excluding hydrogens is 310 g/mol. The molecule has 1 heterocycles. The van der Waals surface area contributed by atoms with Crippen LogP contribution in [0.25, 0.3) is 0 Å². The number of hydrogen-bond acceptors (Lipinski definition) is 3. The number of thiophene rings is 1. The van der Waals surface area contributed by atoms with Crippen LogP contribution < -0.4 is 5.32 Å². The van der Waals surface area contributed by atoms with E-state index in [1.54, 1.807) is 29.5 Å². The smallest absolute Gasteiger partial charge is 0.134 e. The standard InChI is InChI=1S/C11H9BrClNOS/c12-11-3-7(6-16-11)5-14-8-1-2-10(15)9(13)4-8/h1-4,6,14-15H,5H2. The third-order valence-electron chi connectivity index (χ3n) is 2.07. The Morgan fingerprint density at radius 3 is 2.81 bits per heavy atom. The minimum absolute atomic E-state index is 0.102. The van der Waals surface area contributed by atoms with Crippen molar-refractivity contribution in [2.24, 2.45) is 0 Å². The first kappa shape index (κ1) is 11.8. The second-order valence-electron chi connectivity index (χ2n) is 3.28. The normalized spacial score (nSPS) is 10.4. The molecule has 0 radical (unpaired) electrons. The summed E-state index contributed by atoms with van der Waals surface area (Å²) >= 11 is 10.9. The minimum Gasteiger partial charge on any atom is -0.506 e. The van der Waals surface area contributed by atoms with Crippen molar-refractivity contribution >= 4 is 44.6 Å². The lowest BCUT2D eigenvalue weighted by molar-refractivity contribution is 0.475. The Morgan fingerprint density at radius 1 is 1.38 bits per heavy atom. The van der Waals surface area contributed by atoms with Gasteiger partial charge in [-0.1, -0.05) is 11.6 Å². The van der Waals surface area contributed by atoms with Gasteiger partial charge in [-0.05, 0) is 51.1 Å². The van der Waals surface area contributed by atoms with E-state index in [1.807, 2.05) is 0 Å². The first-order valence-electron chi connectivity index (χ1n) is 4.60. The quantitative estimate of drug-likeness (QED) is 0.818. The number of rotatable bonds is 3. The van der Waals surface area contributed by atoms with E-state index < -0.39 is 0 Å². The van der Waals surface area contributed by atoms with Crippen LogP contribution >= 0.6 is 38.9 Å². The Hall–Kier alpha value is -0.710. The van der Waals surface area contributed by atoms with Crippen LogP contribution in [0.3, 0.4) is 0 Å². The second kappa shape index (κ2) is 5.08. The predicted molar refractivity (Wildman–Crippen MR) is 72.5 cm³/mol. The van der Waals surface area contributed by atoms with E-state index in [0.717, 1.165) is 16.0 Å². The summed E-state index contributed by atoms with van der Waals surface area (Å²) in [4.78, 5) is 0. The highest BCUT2D eigenvalue weighted by molar-refractivity contribution is 9.11. The van der Waals surface area contributed by atoms with Crippen LogP contribution in [0, 0.1) is 0 Å². The van der Waals surface area contributed by atoms with Crippen LogP contribution in [-0.4, -0.2) is 5.11 Å². The lowest BCUT2D eigenvalue weighted by Crippen LogP contribution is -1.97. The molecule has 2 rings (SSSR count). The molecule has 0 bridgehead atoms. The lowest BCUT2D eigenvalue weighted by atomic mass is 10.3. The first-order chi connectivity index (χ1) is 7.65. The average Bonchev–Trinajstić information content (AvgIpc) is 2.66. The molecule has 1 aromatic carbocycles. The van der Waals surface area contributed by atoms with E-state index >= 15 is 0 Å². The van der Waals surface area contributed by atoms with Gasteiger partial charge in [0, 0.05) is 12.2 Å². The molecule has 1 aromatic heterocycles. The van der Waals surface area contributed by atoms with Crippen LogP contribution in [0.2, 0.25) is 5.02 Å². The van der Waals surface area contributed by atoms with Crippen LogP contribution in [-0.2, 0) is 6.54 Å². The predicted octanol–water partition coefficient (Wildman–Crippen LogP) is 4.48. The number of hydrogen-bond donors (Lipinski definition) is 2. The van der Waals surface area contributed by atoms with Crippen molar-refractivity contribution in [3.63, 3.8) is 0 Å². The Kier molecular flexibility index (Phi) is 3.74. The van der Waals surface area contributed by atoms with Crippen molar-refractivity contribution in [3.05, 3.63) is 44.0 Å². The molecule has 5 heteroatoms. The molecule has 0 atom stereocenters. The molecule has 2 N–H and O–H groups in total. The fraction of sp³-hybridized carbons (Fsp3) is 0.0909. The number of nitrogens with one attached hydrogen (secondary N) is 1. The van der Waals surface area contributed by atoms with Gasteiger partial charge in [-0.15, -0.1) is 11.3 Å². The maximum absolute atomic E-state index is 9.27. The maximum atomic E-state index is 9.27. The molecule has 0 unspecified atom stereocenters. The minimum atomic E-state index is 0.102. The van der Waals surface area contributed by atoms with Gasteiger partial charge < -0.3 is 10.4 Å². The molecule has 0 fully saturated rings. The summed E-state index contributed by atoms with van der Waals surface area (Å²) in [7, 11) is 0. The maximum Gasteiger partial charge on any atom is 0.134 e. The van der Waals surface area contributed by atoms with Gasteiger partial charge in [-0.2, -0.15) is 0 Å². The third kappa shape index (κ3) is 2.90. The Labute approximate surface area is 111 Å². The van der Waals surface area contributed by atoms with E-state index in [2.05, 4.69) is 32.7 Å². The number of phenolic OH excluding ortho intramolecular Hbond substituents is 1. The Bertz CT molecular complexity index is 500. The molecule has 0 spiro atoms. The number of halogens is 2. The van der Waals surface area contributed by atoms with E-state index in [1.165, 1.54) is 5.56 Å². The van der Waals surface area contributed by atoms with Crippen LogP contribution in [0.5, 0.6) is 5.75 Å². The summed E-state index contributed by atoms with van der Waals surface area (Å²) < 4.78 is 1.12. The molecule has 2 aromatic rings. The van der Waals surface area contributed by atoms with Gasteiger partial charge in [0.25, 0.3) is 0 Å². The summed E-state index contributed by atoms with van der Waals surface area (Å²) in [6, 6.07) is 7.15. The van der Waals surface area contributed by atoms with E-state index in [0.29, 0.717) is 5.02 Å². The topological polar surface area (TPSA) is 32.3 Å². The van der Waals surface area contributed by atoms with Crippen molar-refractivity contribution < 1.29 is 5.11 Å². The monoisotopic (exact) mass is 317 g/mol. The molecule has 0 saturated heterocycles. The molecule has 0 saturated carbocycles. The Balaban J connectivity index is 2.02. The highest BCUT2D eigenvalue weighted by atomic mass is 79.9. The molecule has 2 nitrogen and oxygen atoms in total. The van der Waals surface area contributed by atoms with Gasteiger partial charge in [-0.25, -0.2) is 0 Å². The van der Waals surface area contributed by atoms with Gasteiger partial charge in [-0.3, -0.25) is 0 Å². The number of anilines is 1. The fourth-order valence-electron chi connectivity index (χ4n) is 1.26. The molecule has 84 valence electrons. The van der Waals surface area contributed by atoms with E-state index in [-0.39, 0.29) is 5.75 Å². The zero-order valence-electron chi connectivity index (χ0n) is 8.21. The van der Waals surface area contributed by atoms with Crippen LogP contribution in [0.1, 0.15) is 5.56 Å². The van der Waals surface area contributed by atoms with Gasteiger partial charge in [0.05, 0.1) is 8.81 Å². The van der Waals surface area contributed by atoms with Crippen molar-refractivity contribution in [3.8, 4) is 5.75 Å². The largest absolute Gasteiger partial charge is 0.506 e. The number of benzene rings is 1. The Morgan fingerprint density at radius 2 is 2.19 bits per heavy atom. The summed E-state index contributed by atoms with van der Waals surface area (Å²) in [5.74, 6) is 0.102. The second-order valence-corrected chi connectivity index (χ2v) is 5.98. The molecule has 0 aliphatic heterocycles. The number of phenols is 1. The molecule has 0 amide bonds. The summed E-state index contributed by atoms with van der Waals surface area (Å²) in [5, 5.41) is 14.9. The van der Waals surface area contributed by atoms with Gasteiger partial charge in [0.1, 0.15) is 5.75 Å². The summed E-state index contributed by atoms with van der Waals surface area (Å²) in [6.45, 7) is 0.739. The summed E-state index contributed by atoms with van der Waals surface area (Å²) in [5.41, 5.74) is 2.10. The zero-order chi connectivity index (χ0) is 11.5. The van der Waals surface area contributed by atoms with Crippen molar-refractivity contribution in [1.82, 2.24) is 0 Å². The molecule has 0 aliphatic rings. The van der Waals surface area contributed by atoms with Crippen molar-refractivity contribution in [2.75, 3.05) is 5.32 Å². The highest BCUT2D eigenvalue weighted by Crippen LogP contribution is 2.27. The zero-order valence-corrected chi connectivity index (χ0v) is 11.4. The molecule has 16 heavy (non-hydrogen) atoms. The van der Waals surface area contributed by atoms with Crippen LogP contribution in [0.15, 0.2) is 33.4 Å². The fourth-order valence-corrected chi connectivity index (χ4v) is 2.65.